The van der Waals surface area contributed by atoms with E-state index in [4.69, 9.17) is 9.79 Å². The van der Waals surface area contributed by atoms with Crippen LogP contribution in [-0.4, -0.2) is 22.0 Å². The van der Waals surface area contributed by atoms with Crippen molar-refractivity contribution in [3.63, 3.8) is 0 Å². The normalized spacial score (nSPS) is 10.0. The van der Waals surface area contributed by atoms with Gasteiger partial charge in [-0.25, -0.2) is 4.57 Å². The fourth-order valence-corrected chi connectivity index (χ4v) is 0.865. The maximum atomic E-state index is 10.5. The second-order valence-electron chi connectivity index (χ2n) is 2.01. The molecule has 0 aliphatic heterocycles. The van der Waals surface area contributed by atoms with Gasteiger partial charge in [-0.05, 0) is 6.42 Å². The molecule has 0 aliphatic rings. The van der Waals surface area contributed by atoms with Crippen LogP contribution in [0.2, 0.25) is 0 Å². The molecule has 0 saturated heterocycles. The zero-order valence-electron chi connectivity index (χ0n) is 8.17. The van der Waals surface area contributed by atoms with E-state index in [-0.39, 0.29) is 72.1 Å². The summed E-state index contributed by atoms with van der Waals surface area (Å²) in [6.45, 7) is 0. The second-order valence-corrected chi connectivity index (χ2v) is 3.18. The van der Waals surface area contributed by atoms with Gasteiger partial charge in [0.05, 0.1) is 0 Å². The Morgan fingerprint density at radius 3 is 2.46 bits per heavy atom. The fraction of sp³-hybridized carbons (Fsp3) is 0.600. The van der Waals surface area contributed by atoms with Crippen LogP contribution in [0.1, 0.15) is 20.7 Å². The maximum Gasteiger partial charge on any atom is 1.00 e. The molecule has 0 bridgehead atoms. The Hall–Kier alpha value is 0.926. The van der Waals surface area contributed by atoms with Crippen molar-refractivity contribution in [2.24, 2.45) is 0 Å². The number of hydrogen-bond acceptors (Lipinski definition) is 4. The van der Waals surface area contributed by atoms with Crippen LogP contribution in [0.25, 0.3) is 0 Å². The van der Waals surface area contributed by atoms with Gasteiger partial charge < -0.3 is 10.7 Å². The fourth-order valence-electron chi connectivity index (χ4n) is 0.508. The minimum Gasteiger partial charge on any atom is -1.00 e. The molecule has 0 aromatic rings. The molecule has 0 aromatic carbocycles. The van der Waals surface area contributed by atoms with Crippen molar-refractivity contribution < 1.29 is 81.3 Å². The summed E-state index contributed by atoms with van der Waals surface area (Å²) < 4.78 is 13.8. The van der Waals surface area contributed by atoms with Gasteiger partial charge in [0.15, 0.2) is 0 Å². The molecule has 13 heavy (non-hydrogen) atoms. The SMILES string of the molecule is O=CCCCC(=O)OP(=O)(O)O.[H-].[K+]. The molecule has 0 fully saturated rings. The Balaban J connectivity index is -0.000000605. The van der Waals surface area contributed by atoms with Gasteiger partial charge in [-0.1, -0.05) is 0 Å². The Bertz CT molecular complexity index is 216. The third-order valence-corrected chi connectivity index (χ3v) is 1.37. The molecule has 0 saturated carbocycles. The second kappa shape index (κ2) is 8.25. The third-order valence-electron chi connectivity index (χ3n) is 0.924. The van der Waals surface area contributed by atoms with E-state index in [1.165, 1.54) is 0 Å². The average Bonchev–Trinajstić information content (AvgIpc) is 1.84. The van der Waals surface area contributed by atoms with Gasteiger partial charge in [0.25, 0.3) is 0 Å². The standard InChI is InChI=1S/C5H9O6P.K.H/c6-4-2-1-3-5(7)11-12(8,9)10;;/h4H,1-3H2,(H2,8,9,10);;/q;+1;-1. The molecule has 0 heterocycles. The summed E-state index contributed by atoms with van der Waals surface area (Å²) in [4.78, 5) is 36.6. The number of carbonyl (C=O) groups is 2. The van der Waals surface area contributed by atoms with Crippen molar-refractivity contribution in [1.29, 1.82) is 0 Å². The van der Waals surface area contributed by atoms with E-state index in [0.717, 1.165) is 0 Å². The van der Waals surface area contributed by atoms with Gasteiger partial charge in [-0.3, -0.25) is 14.6 Å². The van der Waals surface area contributed by atoms with Crippen molar-refractivity contribution in [3.05, 3.63) is 0 Å². The number of phosphoric ester groups is 1. The first kappa shape index (κ1) is 16.4. The molecule has 0 unspecified atom stereocenters. The zero-order chi connectivity index (χ0) is 9.61. The molecule has 0 aliphatic carbocycles. The molecular weight excluding hydrogens is 226 g/mol. The predicted molar refractivity (Wildman–Crippen MR) is 39.2 cm³/mol. The summed E-state index contributed by atoms with van der Waals surface area (Å²) in [5, 5.41) is 0. The first-order chi connectivity index (χ1) is 5.45. The number of hydrogen-bond donors (Lipinski definition) is 2. The van der Waals surface area contributed by atoms with E-state index >= 15 is 0 Å². The van der Waals surface area contributed by atoms with Crippen molar-refractivity contribution in [1.82, 2.24) is 0 Å². The van der Waals surface area contributed by atoms with Crippen molar-refractivity contribution in [2.45, 2.75) is 19.3 Å². The van der Waals surface area contributed by atoms with E-state index in [1.807, 2.05) is 0 Å². The largest absolute Gasteiger partial charge is 1.00 e. The molecular formula is C5H10KO6P. The minimum atomic E-state index is -4.71. The summed E-state index contributed by atoms with van der Waals surface area (Å²) in [6, 6.07) is 0. The van der Waals surface area contributed by atoms with Gasteiger partial charge in [-0.15, -0.1) is 0 Å². The van der Waals surface area contributed by atoms with Crippen LogP contribution >= 0.6 is 7.82 Å². The molecule has 0 aromatic heterocycles. The molecule has 0 rings (SSSR count). The van der Waals surface area contributed by atoms with Crippen LogP contribution < -0.4 is 51.4 Å². The minimum absolute atomic E-state index is 0. The van der Waals surface area contributed by atoms with Gasteiger partial charge in [0, 0.05) is 12.8 Å². The van der Waals surface area contributed by atoms with E-state index in [2.05, 4.69) is 4.52 Å². The molecule has 72 valence electrons. The summed E-state index contributed by atoms with van der Waals surface area (Å²) in [7, 11) is -4.71. The number of rotatable bonds is 5. The Morgan fingerprint density at radius 2 is 2.08 bits per heavy atom. The topological polar surface area (TPSA) is 101 Å². The van der Waals surface area contributed by atoms with Gasteiger partial charge in [-0.2, -0.15) is 0 Å². The summed E-state index contributed by atoms with van der Waals surface area (Å²) >= 11 is 0. The first-order valence-corrected chi connectivity index (χ1v) is 4.70. The molecule has 0 spiro atoms. The van der Waals surface area contributed by atoms with E-state index in [1.54, 1.807) is 0 Å². The van der Waals surface area contributed by atoms with E-state index in [0.29, 0.717) is 6.29 Å². The van der Waals surface area contributed by atoms with Crippen LogP contribution in [0.4, 0.5) is 0 Å². The summed E-state index contributed by atoms with van der Waals surface area (Å²) in [6.07, 6.45) is 0.868. The van der Waals surface area contributed by atoms with Crippen LogP contribution in [0, 0.1) is 0 Å². The number of unbranched alkanes of at least 4 members (excludes halogenated alkanes) is 1. The van der Waals surface area contributed by atoms with Gasteiger partial charge in [0.1, 0.15) is 6.29 Å². The zero-order valence-corrected chi connectivity index (χ0v) is 11.2. The molecule has 6 nitrogen and oxygen atoms in total. The summed E-state index contributed by atoms with van der Waals surface area (Å²) in [5.41, 5.74) is 0. The predicted octanol–water partition coefficient (Wildman–Crippen LogP) is -2.89. The molecule has 8 heteroatoms. The van der Waals surface area contributed by atoms with Gasteiger partial charge >= 0.3 is 65.2 Å². The monoisotopic (exact) mass is 236 g/mol. The third kappa shape index (κ3) is 12.9. The molecule has 0 atom stereocenters. The number of aldehydes is 1. The smallest absolute Gasteiger partial charge is 1.00 e. The van der Waals surface area contributed by atoms with Crippen LogP contribution in [0.5, 0.6) is 0 Å². The number of carbonyl (C=O) groups excluding carboxylic acids is 2. The van der Waals surface area contributed by atoms with Crippen molar-refractivity contribution in [3.8, 4) is 0 Å². The van der Waals surface area contributed by atoms with Crippen LogP contribution in [0.3, 0.4) is 0 Å². The maximum absolute atomic E-state index is 10.5. The van der Waals surface area contributed by atoms with Crippen molar-refractivity contribution >= 4 is 20.1 Å². The van der Waals surface area contributed by atoms with Crippen molar-refractivity contribution in [2.75, 3.05) is 0 Å². The Kier molecular flexibility index (Phi) is 10.4. The van der Waals surface area contributed by atoms with E-state index < -0.39 is 13.8 Å². The van der Waals surface area contributed by atoms with E-state index in [9.17, 15) is 14.2 Å². The van der Waals surface area contributed by atoms with Crippen LogP contribution in [-0.2, 0) is 18.7 Å². The average molecular weight is 236 g/mol. The quantitative estimate of drug-likeness (QED) is 0.230. The Labute approximate surface area is 119 Å². The molecule has 0 amide bonds. The molecule has 0 radical (unpaired) electrons. The summed E-state index contributed by atoms with van der Waals surface area (Å²) in [5.74, 6) is -0.995. The Morgan fingerprint density at radius 1 is 1.54 bits per heavy atom. The molecule has 2 N–H and O–H groups in total. The van der Waals surface area contributed by atoms with Gasteiger partial charge in [0.2, 0.25) is 0 Å². The van der Waals surface area contributed by atoms with Crippen LogP contribution in [0.15, 0.2) is 0 Å². The first-order valence-electron chi connectivity index (χ1n) is 3.17. The number of phosphoric acid groups is 1.